The third-order valence-electron chi connectivity index (χ3n) is 2.45. The molecule has 0 aliphatic rings. The van der Waals surface area contributed by atoms with Gasteiger partial charge >= 0.3 is 5.97 Å². The number of carboxylic acid groups (broad SMARTS) is 1. The fraction of sp³-hybridized carbons (Fsp3) is 0. The highest BCUT2D eigenvalue weighted by molar-refractivity contribution is 5.95. The molecule has 2 rings (SSSR count). The van der Waals surface area contributed by atoms with E-state index in [-0.39, 0.29) is 22.5 Å². The molecule has 2 aromatic rings. The minimum Gasteiger partial charge on any atom is -0.478 e. The molecule has 0 saturated heterocycles. The number of halogens is 1. The first-order valence-electron chi connectivity index (χ1n) is 5.26. The lowest BCUT2D eigenvalue weighted by Crippen LogP contribution is -2.04. The highest BCUT2D eigenvalue weighted by Gasteiger charge is 2.13. The Balaban J connectivity index is 2.46. The Kier molecular flexibility index (Phi) is 3.39. The molecule has 5 nitrogen and oxygen atoms in total. The molecule has 0 aliphatic carbocycles. The summed E-state index contributed by atoms with van der Waals surface area (Å²) in [4.78, 5) is 14.8. The lowest BCUT2D eigenvalue weighted by molar-refractivity contribution is 0.0698. The number of anilines is 2. The van der Waals surface area contributed by atoms with Crippen LogP contribution >= 0.6 is 0 Å². The van der Waals surface area contributed by atoms with E-state index < -0.39 is 11.8 Å². The van der Waals surface area contributed by atoms with Gasteiger partial charge in [0.05, 0.1) is 23.1 Å². The number of carboxylic acids is 1. The predicted octanol–water partition coefficient (Wildman–Crippen LogP) is 2.53. The summed E-state index contributed by atoms with van der Waals surface area (Å²) in [5.41, 5.74) is 0.195. The molecule has 0 saturated carbocycles. The number of nitrogens with zero attached hydrogens (tertiary/aromatic N) is 2. The number of rotatable bonds is 3. The number of hydrogen-bond donors (Lipinski definition) is 2. The molecule has 0 bridgehead atoms. The van der Waals surface area contributed by atoms with Crippen LogP contribution in [0.5, 0.6) is 0 Å². The van der Waals surface area contributed by atoms with Crippen LogP contribution in [0.4, 0.5) is 15.8 Å². The zero-order chi connectivity index (χ0) is 13.8. The van der Waals surface area contributed by atoms with Crippen molar-refractivity contribution < 1.29 is 14.3 Å². The lowest BCUT2D eigenvalue weighted by Gasteiger charge is -2.10. The molecule has 1 aromatic heterocycles. The number of hydrogen-bond acceptors (Lipinski definition) is 4. The minimum absolute atomic E-state index is 0.0110. The molecule has 0 atom stereocenters. The van der Waals surface area contributed by atoms with Gasteiger partial charge in [-0.3, -0.25) is 4.98 Å². The Hall–Kier alpha value is -2.94. The molecule has 19 heavy (non-hydrogen) atoms. The van der Waals surface area contributed by atoms with Crippen LogP contribution in [0.1, 0.15) is 15.9 Å². The van der Waals surface area contributed by atoms with Gasteiger partial charge in [0.2, 0.25) is 0 Å². The van der Waals surface area contributed by atoms with Crippen LogP contribution in [-0.4, -0.2) is 16.1 Å². The number of benzene rings is 1. The quantitative estimate of drug-likeness (QED) is 0.882. The third-order valence-corrected chi connectivity index (χ3v) is 2.45. The number of aromatic carboxylic acids is 1. The monoisotopic (exact) mass is 257 g/mol. The second kappa shape index (κ2) is 5.14. The summed E-state index contributed by atoms with van der Waals surface area (Å²) in [6, 6.07) is 7.11. The van der Waals surface area contributed by atoms with Gasteiger partial charge in [0.25, 0.3) is 0 Å². The minimum atomic E-state index is -1.14. The summed E-state index contributed by atoms with van der Waals surface area (Å²) < 4.78 is 13.4. The van der Waals surface area contributed by atoms with Gasteiger partial charge in [-0.2, -0.15) is 5.26 Å². The number of pyridine rings is 1. The molecular weight excluding hydrogens is 249 g/mol. The molecule has 0 amide bonds. The van der Waals surface area contributed by atoms with Crippen molar-refractivity contribution in [3.63, 3.8) is 0 Å². The second-order valence-electron chi connectivity index (χ2n) is 3.63. The molecule has 0 spiro atoms. The summed E-state index contributed by atoms with van der Waals surface area (Å²) in [6.07, 6.45) is 2.64. The van der Waals surface area contributed by atoms with E-state index in [1.54, 1.807) is 6.07 Å². The summed E-state index contributed by atoms with van der Waals surface area (Å²) in [6.45, 7) is 0. The SMILES string of the molecule is N#Cc1c(F)cccc1Nc1cnccc1C(=O)O. The Bertz CT molecular complexity index is 680. The topological polar surface area (TPSA) is 86.0 Å². The van der Waals surface area contributed by atoms with Crippen molar-refractivity contribution in [3.8, 4) is 6.07 Å². The van der Waals surface area contributed by atoms with E-state index in [1.165, 1.54) is 30.6 Å². The zero-order valence-corrected chi connectivity index (χ0v) is 9.59. The van der Waals surface area contributed by atoms with Gasteiger partial charge in [-0.1, -0.05) is 6.07 Å². The maximum atomic E-state index is 13.4. The van der Waals surface area contributed by atoms with E-state index >= 15 is 0 Å². The largest absolute Gasteiger partial charge is 0.478 e. The van der Waals surface area contributed by atoms with Gasteiger partial charge in [-0.05, 0) is 18.2 Å². The van der Waals surface area contributed by atoms with Gasteiger partial charge in [0.15, 0.2) is 0 Å². The van der Waals surface area contributed by atoms with E-state index in [1.807, 2.05) is 0 Å². The Morgan fingerprint density at radius 1 is 1.37 bits per heavy atom. The molecule has 0 fully saturated rings. The standard InChI is InChI=1S/C13H8FN3O2/c14-10-2-1-3-11(9(10)6-15)17-12-7-16-5-4-8(12)13(18)19/h1-5,7,17H,(H,18,19). The van der Waals surface area contributed by atoms with E-state index in [0.29, 0.717) is 0 Å². The van der Waals surface area contributed by atoms with Crippen LogP contribution in [0.3, 0.4) is 0 Å². The number of nitriles is 1. The number of nitrogens with one attached hydrogen (secondary N) is 1. The Morgan fingerprint density at radius 3 is 2.84 bits per heavy atom. The third kappa shape index (κ3) is 2.50. The average molecular weight is 257 g/mol. The smallest absolute Gasteiger partial charge is 0.337 e. The first-order chi connectivity index (χ1) is 9.13. The average Bonchev–Trinajstić information content (AvgIpc) is 2.39. The van der Waals surface area contributed by atoms with E-state index in [2.05, 4.69) is 10.3 Å². The molecule has 2 N–H and O–H groups in total. The van der Waals surface area contributed by atoms with Crippen molar-refractivity contribution in [2.24, 2.45) is 0 Å². The lowest BCUT2D eigenvalue weighted by atomic mass is 10.1. The first-order valence-corrected chi connectivity index (χ1v) is 5.26. The van der Waals surface area contributed by atoms with Gasteiger partial charge in [0.1, 0.15) is 17.4 Å². The van der Waals surface area contributed by atoms with E-state index in [4.69, 9.17) is 10.4 Å². The molecule has 1 heterocycles. The van der Waals surface area contributed by atoms with Gasteiger partial charge in [-0.25, -0.2) is 9.18 Å². The summed E-state index contributed by atoms with van der Waals surface area (Å²) >= 11 is 0. The van der Waals surface area contributed by atoms with Crippen LogP contribution in [0.25, 0.3) is 0 Å². The molecule has 0 aliphatic heterocycles. The van der Waals surface area contributed by atoms with Crippen LogP contribution in [-0.2, 0) is 0 Å². The highest BCUT2D eigenvalue weighted by Crippen LogP contribution is 2.24. The summed E-state index contributed by atoms with van der Waals surface area (Å²) in [5.74, 6) is -1.81. The molecule has 94 valence electrons. The number of carbonyl (C=O) groups is 1. The molecule has 6 heteroatoms. The van der Waals surface area contributed by atoms with Crippen molar-refractivity contribution >= 4 is 17.3 Å². The first kappa shape index (κ1) is 12.5. The van der Waals surface area contributed by atoms with Gasteiger partial charge < -0.3 is 10.4 Å². The van der Waals surface area contributed by atoms with Crippen LogP contribution in [0, 0.1) is 17.1 Å². The fourth-order valence-corrected chi connectivity index (χ4v) is 1.57. The van der Waals surface area contributed by atoms with Crippen molar-refractivity contribution in [1.29, 1.82) is 5.26 Å². The summed E-state index contributed by atoms with van der Waals surface area (Å²) in [7, 11) is 0. The van der Waals surface area contributed by atoms with Crippen LogP contribution in [0.2, 0.25) is 0 Å². The van der Waals surface area contributed by atoms with Crippen molar-refractivity contribution in [2.45, 2.75) is 0 Å². The van der Waals surface area contributed by atoms with Crippen molar-refractivity contribution in [2.75, 3.05) is 5.32 Å². The summed E-state index contributed by atoms with van der Waals surface area (Å²) in [5, 5.41) is 20.6. The van der Waals surface area contributed by atoms with Crippen LogP contribution < -0.4 is 5.32 Å². The van der Waals surface area contributed by atoms with Gasteiger partial charge in [-0.15, -0.1) is 0 Å². The second-order valence-corrected chi connectivity index (χ2v) is 3.63. The predicted molar refractivity (Wildman–Crippen MR) is 65.6 cm³/mol. The van der Waals surface area contributed by atoms with E-state index in [0.717, 1.165) is 6.07 Å². The van der Waals surface area contributed by atoms with Crippen molar-refractivity contribution in [3.05, 3.63) is 53.6 Å². The van der Waals surface area contributed by atoms with Crippen molar-refractivity contribution in [1.82, 2.24) is 4.98 Å². The van der Waals surface area contributed by atoms with E-state index in [9.17, 15) is 9.18 Å². The van der Waals surface area contributed by atoms with Crippen LogP contribution in [0.15, 0.2) is 36.7 Å². The molecule has 0 radical (unpaired) electrons. The maximum Gasteiger partial charge on any atom is 0.337 e. The molecule has 1 aromatic carbocycles. The highest BCUT2D eigenvalue weighted by atomic mass is 19.1. The normalized spacial score (nSPS) is 9.68. The number of aromatic nitrogens is 1. The Morgan fingerprint density at radius 2 is 2.16 bits per heavy atom. The van der Waals surface area contributed by atoms with Gasteiger partial charge in [0, 0.05) is 6.20 Å². The molecular formula is C13H8FN3O2. The molecule has 0 unspecified atom stereocenters. The zero-order valence-electron chi connectivity index (χ0n) is 9.59. The fourth-order valence-electron chi connectivity index (χ4n) is 1.57. The Labute approximate surface area is 108 Å². The maximum absolute atomic E-state index is 13.4.